The number of carbonyl (C=O) groups excluding carboxylic acids is 2. The molecule has 0 aliphatic carbocycles. The highest BCUT2D eigenvalue weighted by atomic mass is 16.4. The molecule has 0 saturated carbocycles. The number of amides is 2. The molecule has 0 spiro atoms. The topological polar surface area (TPSA) is 99.9 Å². The third-order valence-corrected chi connectivity index (χ3v) is 4.61. The number of hydrogen-bond donors (Lipinski definition) is 2. The number of carboxylic acid groups (broad SMARTS) is 1. The average Bonchev–Trinajstić information content (AvgIpc) is 3.27. The number of aryl methyl sites for hydroxylation is 1. The second-order valence-electron chi connectivity index (χ2n) is 6.52. The summed E-state index contributed by atoms with van der Waals surface area (Å²) in [5.74, 6) is -1.09. The summed E-state index contributed by atoms with van der Waals surface area (Å²) in [6, 6.07) is 8.94. The Morgan fingerprint density at radius 1 is 1.22 bits per heavy atom. The van der Waals surface area contributed by atoms with Gasteiger partial charge in [0.1, 0.15) is 11.3 Å². The van der Waals surface area contributed by atoms with Crippen LogP contribution < -0.4 is 5.32 Å². The Hall–Kier alpha value is -3.09. The molecule has 1 aliphatic rings. The Bertz CT molecular complexity index is 854. The van der Waals surface area contributed by atoms with Crippen molar-refractivity contribution in [2.75, 3.05) is 6.54 Å². The van der Waals surface area contributed by atoms with Gasteiger partial charge < -0.3 is 19.7 Å². The maximum atomic E-state index is 12.2. The molecule has 0 radical (unpaired) electrons. The van der Waals surface area contributed by atoms with E-state index >= 15 is 0 Å². The molecule has 7 nitrogen and oxygen atoms in total. The van der Waals surface area contributed by atoms with Gasteiger partial charge in [-0.15, -0.1) is 0 Å². The van der Waals surface area contributed by atoms with Gasteiger partial charge in [0.25, 0.3) is 5.91 Å². The number of aromatic carboxylic acids is 1. The average molecular weight is 370 g/mol. The molecular formula is C20H22N2O5. The summed E-state index contributed by atoms with van der Waals surface area (Å²) in [6.07, 6.45) is 1.94. The van der Waals surface area contributed by atoms with Gasteiger partial charge in [0.15, 0.2) is 5.76 Å². The third kappa shape index (κ3) is 4.36. The fraction of sp³-hybridized carbons (Fsp3) is 0.350. The minimum absolute atomic E-state index is 0.00610. The van der Waals surface area contributed by atoms with Crippen molar-refractivity contribution in [1.82, 2.24) is 10.2 Å². The molecule has 2 amide bonds. The summed E-state index contributed by atoms with van der Waals surface area (Å²) in [5.41, 5.74) is 1.97. The molecule has 0 bridgehead atoms. The Balaban J connectivity index is 1.57. The van der Waals surface area contributed by atoms with Gasteiger partial charge in [-0.2, -0.15) is 0 Å². The number of hydrogen-bond acceptors (Lipinski definition) is 4. The van der Waals surface area contributed by atoms with Crippen LogP contribution in [0, 0.1) is 0 Å². The quantitative estimate of drug-likeness (QED) is 0.780. The van der Waals surface area contributed by atoms with Gasteiger partial charge in [0.2, 0.25) is 5.91 Å². The zero-order chi connectivity index (χ0) is 19.4. The number of nitrogens with one attached hydrogen (secondary N) is 1. The van der Waals surface area contributed by atoms with Crippen LogP contribution in [0.15, 0.2) is 34.7 Å². The van der Waals surface area contributed by atoms with Crippen LogP contribution in [-0.4, -0.2) is 34.3 Å². The first-order valence-electron chi connectivity index (χ1n) is 8.97. The monoisotopic (exact) mass is 370 g/mol. The SMILES string of the molecule is CCc1oc(C(=O)NCc2ccc(CN3CCCC3=O)cc2)cc1C(=O)O. The lowest BCUT2D eigenvalue weighted by molar-refractivity contribution is -0.128. The zero-order valence-electron chi connectivity index (χ0n) is 15.2. The van der Waals surface area contributed by atoms with Gasteiger partial charge in [-0.1, -0.05) is 31.2 Å². The smallest absolute Gasteiger partial charge is 0.339 e. The van der Waals surface area contributed by atoms with Crippen LogP contribution in [0.3, 0.4) is 0 Å². The maximum absolute atomic E-state index is 12.2. The van der Waals surface area contributed by atoms with Gasteiger partial charge in [-0.25, -0.2) is 4.79 Å². The highest BCUT2D eigenvalue weighted by Crippen LogP contribution is 2.17. The van der Waals surface area contributed by atoms with E-state index in [1.807, 2.05) is 29.2 Å². The molecule has 3 rings (SSSR count). The van der Waals surface area contributed by atoms with Gasteiger partial charge in [0, 0.05) is 38.5 Å². The minimum Gasteiger partial charge on any atom is -0.478 e. The van der Waals surface area contributed by atoms with E-state index in [2.05, 4.69) is 5.32 Å². The highest BCUT2D eigenvalue weighted by molar-refractivity contribution is 5.96. The molecule has 2 heterocycles. The molecule has 7 heteroatoms. The lowest BCUT2D eigenvalue weighted by atomic mass is 10.1. The second kappa shape index (κ2) is 8.07. The number of nitrogens with zero attached hydrogens (tertiary/aromatic N) is 1. The summed E-state index contributed by atoms with van der Waals surface area (Å²) in [5, 5.41) is 11.9. The predicted molar refractivity (Wildman–Crippen MR) is 97.3 cm³/mol. The molecule has 142 valence electrons. The number of rotatable bonds is 7. The molecule has 1 aromatic carbocycles. The van der Waals surface area contributed by atoms with Crippen molar-refractivity contribution in [2.24, 2.45) is 0 Å². The van der Waals surface area contributed by atoms with Crippen molar-refractivity contribution in [1.29, 1.82) is 0 Å². The Kier molecular flexibility index (Phi) is 5.59. The summed E-state index contributed by atoms with van der Waals surface area (Å²) in [4.78, 5) is 36.9. The van der Waals surface area contributed by atoms with Crippen LogP contribution in [0.25, 0.3) is 0 Å². The predicted octanol–water partition coefficient (Wildman–Crippen LogP) is 2.59. The van der Waals surface area contributed by atoms with Crippen LogP contribution in [-0.2, 0) is 24.3 Å². The van der Waals surface area contributed by atoms with Gasteiger partial charge in [-0.3, -0.25) is 9.59 Å². The summed E-state index contributed by atoms with van der Waals surface area (Å²) < 4.78 is 5.35. The van der Waals surface area contributed by atoms with Gasteiger partial charge in [0.05, 0.1) is 0 Å². The molecule has 0 atom stereocenters. The van der Waals surface area contributed by atoms with Crippen molar-refractivity contribution in [3.05, 3.63) is 58.5 Å². The highest BCUT2D eigenvalue weighted by Gasteiger charge is 2.21. The number of likely N-dealkylation sites (tertiary alicyclic amines) is 1. The van der Waals surface area contributed by atoms with Gasteiger partial charge in [-0.05, 0) is 17.5 Å². The molecule has 0 unspecified atom stereocenters. The fourth-order valence-corrected chi connectivity index (χ4v) is 3.11. The lowest BCUT2D eigenvalue weighted by Gasteiger charge is -2.15. The first-order valence-corrected chi connectivity index (χ1v) is 8.97. The fourth-order valence-electron chi connectivity index (χ4n) is 3.11. The molecule has 1 saturated heterocycles. The molecule has 27 heavy (non-hydrogen) atoms. The zero-order valence-corrected chi connectivity index (χ0v) is 15.2. The van der Waals surface area contributed by atoms with Crippen molar-refractivity contribution in [3.63, 3.8) is 0 Å². The van der Waals surface area contributed by atoms with E-state index in [1.165, 1.54) is 6.07 Å². The van der Waals surface area contributed by atoms with Crippen LogP contribution in [0.2, 0.25) is 0 Å². The largest absolute Gasteiger partial charge is 0.478 e. The van der Waals surface area contributed by atoms with E-state index in [-0.39, 0.29) is 23.0 Å². The number of furan rings is 1. The number of carboxylic acids is 1. The van der Waals surface area contributed by atoms with Crippen molar-refractivity contribution in [3.8, 4) is 0 Å². The van der Waals surface area contributed by atoms with E-state index in [0.717, 1.165) is 24.1 Å². The maximum Gasteiger partial charge on any atom is 0.339 e. The van der Waals surface area contributed by atoms with E-state index in [0.29, 0.717) is 25.9 Å². The van der Waals surface area contributed by atoms with E-state index in [9.17, 15) is 14.4 Å². The summed E-state index contributed by atoms with van der Waals surface area (Å²) in [6.45, 7) is 3.48. The lowest BCUT2D eigenvalue weighted by Crippen LogP contribution is -2.24. The Labute approximate surface area is 157 Å². The van der Waals surface area contributed by atoms with E-state index in [1.54, 1.807) is 6.92 Å². The first-order chi connectivity index (χ1) is 13.0. The molecule has 2 aromatic rings. The molecular weight excluding hydrogens is 348 g/mol. The molecule has 1 aliphatic heterocycles. The Morgan fingerprint density at radius 2 is 1.93 bits per heavy atom. The number of carbonyl (C=O) groups is 3. The van der Waals surface area contributed by atoms with Crippen LogP contribution in [0.4, 0.5) is 0 Å². The Morgan fingerprint density at radius 3 is 2.48 bits per heavy atom. The minimum atomic E-state index is -1.11. The summed E-state index contributed by atoms with van der Waals surface area (Å²) >= 11 is 0. The van der Waals surface area contributed by atoms with Crippen molar-refractivity contribution < 1.29 is 23.9 Å². The van der Waals surface area contributed by atoms with Crippen molar-refractivity contribution >= 4 is 17.8 Å². The van der Waals surface area contributed by atoms with E-state index in [4.69, 9.17) is 9.52 Å². The van der Waals surface area contributed by atoms with Crippen LogP contribution in [0.1, 0.15) is 57.6 Å². The van der Waals surface area contributed by atoms with Gasteiger partial charge >= 0.3 is 5.97 Å². The van der Waals surface area contributed by atoms with E-state index < -0.39 is 11.9 Å². The number of benzene rings is 1. The molecule has 1 fully saturated rings. The van der Waals surface area contributed by atoms with Crippen LogP contribution in [0.5, 0.6) is 0 Å². The normalized spacial score (nSPS) is 13.8. The standard InChI is InChI=1S/C20H22N2O5/c1-2-16-15(20(25)26)10-17(27-16)19(24)21-11-13-5-7-14(8-6-13)12-22-9-3-4-18(22)23/h5-8,10H,2-4,9,11-12H2,1H3,(H,21,24)(H,25,26). The summed E-state index contributed by atoms with van der Waals surface area (Å²) in [7, 11) is 0. The third-order valence-electron chi connectivity index (χ3n) is 4.61. The first kappa shape index (κ1) is 18.7. The van der Waals surface area contributed by atoms with Crippen molar-refractivity contribution in [2.45, 2.75) is 39.3 Å². The second-order valence-corrected chi connectivity index (χ2v) is 6.52. The molecule has 1 aromatic heterocycles. The molecule has 2 N–H and O–H groups in total. The van der Waals surface area contributed by atoms with Crippen LogP contribution >= 0.6 is 0 Å².